The zero-order valence-electron chi connectivity index (χ0n) is 16.1. The highest BCUT2D eigenvalue weighted by Gasteiger charge is 2.13. The fourth-order valence-corrected chi connectivity index (χ4v) is 3.63. The lowest BCUT2D eigenvalue weighted by atomic mass is 10.1. The smallest absolute Gasteiger partial charge is 0.269 e. The summed E-state index contributed by atoms with van der Waals surface area (Å²) in [5.74, 6) is 1.39. The van der Waals surface area contributed by atoms with Gasteiger partial charge >= 0.3 is 0 Å². The second kappa shape index (κ2) is 8.34. The van der Waals surface area contributed by atoms with E-state index >= 15 is 0 Å². The normalized spacial score (nSPS) is 13.2. The van der Waals surface area contributed by atoms with Gasteiger partial charge in [-0.25, -0.2) is 4.68 Å². The Bertz CT molecular complexity index is 1210. The number of hydrogen-bond donors (Lipinski definition) is 0. The molecule has 9 heteroatoms. The molecule has 1 aromatic heterocycles. The summed E-state index contributed by atoms with van der Waals surface area (Å²) < 4.78 is 12.5. The lowest BCUT2D eigenvalue weighted by Gasteiger charge is -2.04. The van der Waals surface area contributed by atoms with Gasteiger partial charge in [-0.1, -0.05) is 12.2 Å². The number of nitrogens with zero attached hydrogens (tertiary/aromatic N) is 4. The third-order valence-electron chi connectivity index (χ3n) is 4.26. The molecule has 0 N–H and O–H groups in total. The number of nitro benzene ring substituents is 1. The first kappa shape index (κ1) is 19.6. The molecule has 152 valence electrons. The van der Waals surface area contributed by atoms with E-state index in [-0.39, 0.29) is 12.5 Å². The van der Waals surface area contributed by atoms with Crippen molar-refractivity contribution in [2.75, 3.05) is 13.3 Å². The Balaban J connectivity index is 1.73. The van der Waals surface area contributed by atoms with Gasteiger partial charge in [0.05, 0.1) is 23.4 Å². The van der Waals surface area contributed by atoms with E-state index in [1.807, 2.05) is 30.5 Å². The molecule has 0 bridgehead atoms. The second-order valence-corrected chi connectivity index (χ2v) is 7.49. The number of aromatic nitrogens is 1. The maximum absolute atomic E-state index is 10.9. The van der Waals surface area contributed by atoms with Gasteiger partial charge in [0.2, 0.25) is 11.6 Å². The number of fused-ring (bicyclic) bond motifs is 1. The number of nitro groups is 1. The van der Waals surface area contributed by atoms with Gasteiger partial charge in [-0.05, 0) is 42.8 Å². The van der Waals surface area contributed by atoms with Crippen LogP contribution in [0.2, 0.25) is 0 Å². The Morgan fingerprint density at radius 3 is 2.77 bits per heavy atom. The molecule has 30 heavy (non-hydrogen) atoms. The topological polar surface area (TPSA) is 91.2 Å². The van der Waals surface area contributed by atoms with E-state index in [4.69, 9.17) is 9.47 Å². The van der Waals surface area contributed by atoms with Gasteiger partial charge in [0, 0.05) is 23.1 Å². The third kappa shape index (κ3) is 4.15. The Labute approximate surface area is 176 Å². The van der Waals surface area contributed by atoms with Crippen LogP contribution in [0.4, 0.5) is 5.69 Å². The molecule has 0 amide bonds. The zero-order chi connectivity index (χ0) is 21.1. The molecule has 4 rings (SSSR count). The van der Waals surface area contributed by atoms with Gasteiger partial charge in [-0.3, -0.25) is 15.1 Å². The molecular formula is C21H18N4O4S. The van der Waals surface area contributed by atoms with E-state index in [1.165, 1.54) is 23.5 Å². The molecule has 0 atom stereocenters. The second-order valence-electron chi connectivity index (χ2n) is 6.65. The van der Waals surface area contributed by atoms with Crippen molar-refractivity contribution in [1.29, 1.82) is 0 Å². The van der Waals surface area contributed by atoms with Gasteiger partial charge in [0.1, 0.15) is 0 Å². The van der Waals surface area contributed by atoms with Crippen LogP contribution >= 0.6 is 11.3 Å². The molecule has 2 aromatic carbocycles. The molecule has 0 fully saturated rings. The number of ether oxygens (including phenoxy) is 2. The van der Waals surface area contributed by atoms with Gasteiger partial charge in [0.25, 0.3) is 5.69 Å². The Morgan fingerprint density at radius 2 is 2.03 bits per heavy atom. The maximum atomic E-state index is 10.9. The van der Waals surface area contributed by atoms with Gasteiger partial charge < -0.3 is 9.47 Å². The molecule has 3 aromatic rings. The van der Waals surface area contributed by atoms with Crippen LogP contribution in [0.3, 0.4) is 0 Å². The summed E-state index contributed by atoms with van der Waals surface area (Å²) in [6.07, 6.45) is 1.71. The van der Waals surface area contributed by atoms with Crippen LogP contribution in [-0.2, 0) is 0 Å². The number of thiazole rings is 1. The van der Waals surface area contributed by atoms with Gasteiger partial charge in [-0.15, -0.1) is 11.3 Å². The minimum Gasteiger partial charge on any atom is -0.454 e. The highest BCUT2D eigenvalue weighted by atomic mass is 32.1. The highest BCUT2D eigenvalue weighted by molar-refractivity contribution is 7.07. The lowest BCUT2D eigenvalue weighted by Crippen LogP contribution is -2.13. The summed E-state index contributed by atoms with van der Waals surface area (Å²) in [4.78, 5) is 15.8. The zero-order valence-corrected chi connectivity index (χ0v) is 17.0. The van der Waals surface area contributed by atoms with E-state index in [2.05, 4.69) is 16.7 Å². The van der Waals surface area contributed by atoms with E-state index in [0.717, 1.165) is 22.4 Å². The van der Waals surface area contributed by atoms with Crippen molar-refractivity contribution in [3.63, 3.8) is 0 Å². The average molecular weight is 422 g/mol. The molecule has 0 spiro atoms. The predicted octanol–water partition coefficient (Wildman–Crippen LogP) is 4.21. The first-order chi connectivity index (χ1) is 14.5. The summed E-state index contributed by atoms with van der Waals surface area (Å²) in [6, 6.07) is 11.9. The maximum Gasteiger partial charge on any atom is 0.269 e. The molecule has 2 heterocycles. The van der Waals surface area contributed by atoms with Crippen molar-refractivity contribution in [1.82, 2.24) is 4.68 Å². The molecule has 0 radical (unpaired) electrons. The van der Waals surface area contributed by atoms with Crippen molar-refractivity contribution >= 4 is 23.2 Å². The number of non-ortho nitro benzene ring substituents is 1. The minimum atomic E-state index is -0.420. The predicted molar refractivity (Wildman–Crippen MR) is 115 cm³/mol. The summed E-state index contributed by atoms with van der Waals surface area (Å²) in [5, 5.41) is 17.5. The Hall–Kier alpha value is -3.72. The van der Waals surface area contributed by atoms with E-state index in [9.17, 15) is 10.1 Å². The van der Waals surface area contributed by atoms with Crippen molar-refractivity contribution in [2.24, 2.45) is 10.1 Å². The van der Waals surface area contributed by atoms with Gasteiger partial charge in [-0.2, -0.15) is 5.10 Å². The first-order valence-corrected chi connectivity index (χ1v) is 9.93. The monoisotopic (exact) mass is 422 g/mol. The molecule has 8 nitrogen and oxygen atoms in total. The molecule has 0 saturated heterocycles. The summed E-state index contributed by atoms with van der Waals surface area (Å²) in [5.41, 5.74) is 3.41. The van der Waals surface area contributed by atoms with Crippen LogP contribution in [0.15, 0.2) is 70.1 Å². The van der Waals surface area contributed by atoms with Crippen molar-refractivity contribution in [3.05, 3.63) is 80.5 Å². The highest BCUT2D eigenvalue weighted by Crippen LogP contribution is 2.32. The number of rotatable bonds is 6. The summed E-state index contributed by atoms with van der Waals surface area (Å²) >= 11 is 1.44. The van der Waals surface area contributed by atoms with Crippen molar-refractivity contribution < 1.29 is 14.4 Å². The van der Waals surface area contributed by atoms with Crippen LogP contribution in [0.5, 0.6) is 11.5 Å². The lowest BCUT2D eigenvalue weighted by molar-refractivity contribution is -0.384. The minimum absolute atomic E-state index is 0.0385. The molecule has 1 aliphatic heterocycles. The van der Waals surface area contributed by atoms with Crippen molar-refractivity contribution in [2.45, 2.75) is 6.92 Å². The van der Waals surface area contributed by atoms with Crippen LogP contribution in [0.25, 0.3) is 11.3 Å². The summed E-state index contributed by atoms with van der Waals surface area (Å²) in [6.45, 7) is 6.50. The summed E-state index contributed by atoms with van der Waals surface area (Å²) in [7, 11) is 0. The first-order valence-electron chi connectivity index (χ1n) is 9.05. The van der Waals surface area contributed by atoms with Crippen LogP contribution in [0.1, 0.15) is 12.5 Å². The van der Waals surface area contributed by atoms with E-state index < -0.39 is 4.92 Å². The number of hydrogen-bond acceptors (Lipinski definition) is 7. The average Bonchev–Trinajstić information content (AvgIpc) is 3.37. The van der Waals surface area contributed by atoms with E-state index in [1.54, 1.807) is 23.0 Å². The van der Waals surface area contributed by atoms with E-state index in [0.29, 0.717) is 22.8 Å². The van der Waals surface area contributed by atoms with Gasteiger partial charge in [0.15, 0.2) is 11.5 Å². The fraction of sp³-hybridized carbons (Fsp3) is 0.143. The molecule has 0 saturated carbocycles. The van der Waals surface area contributed by atoms with Crippen LogP contribution in [-0.4, -0.2) is 29.2 Å². The van der Waals surface area contributed by atoms with Crippen molar-refractivity contribution in [3.8, 4) is 22.8 Å². The molecule has 1 aliphatic rings. The fourth-order valence-electron chi connectivity index (χ4n) is 2.79. The molecule has 0 unspecified atom stereocenters. The van der Waals surface area contributed by atoms with Crippen LogP contribution < -0.4 is 14.3 Å². The van der Waals surface area contributed by atoms with Crippen LogP contribution in [0, 0.1) is 10.1 Å². The quantitative estimate of drug-likeness (QED) is 0.257. The standard InChI is InChI=1S/C21H18N4O4S/c1-14(2)10-22-21-24(23-11-15-3-8-19-20(9-15)29-13-28-19)18(12-30-21)16-4-6-17(7-5-16)25(26)27/h3-9,11-12H,1,10,13H2,2H3. The Morgan fingerprint density at radius 1 is 1.27 bits per heavy atom. The SMILES string of the molecule is C=C(C)CN=c1scc(-c2ccc([N+](=O)[O-])cc2)n1N=Cc1ccc2c(c1)OCO2. The Kier molecular flexibility index (Phi) is 5.44. The molecule has 0 aliphatic carbocycles. The largest absolute Gasteiger partial charge is 0.454 e. The third-order valence-corrected chi connectivity index (χ3v) is 5.12. The molecular weight excluding hydrogens is 404 g/mol. The number of benzene rings is 2.